The lowest BCUT2D eigenvalue weighted by molar-refractivity contribution is -0.121. The number of rotatable bonds is 6. The van der Waals surface area contributed by atoms with Crippen molar-refractivity contribution >= 4 is 5.91 Å². The zero-order chi connectivity index (χ0) is 13.5. The molecular formula is C13H18F2N2O. The lowest BCUT2D eigenvalue weighted by atomic mass is 10.1. The molecule has 0 aliphatic carbocycles. The highest BCUT2D eigenvalue weighted by Crippen LogP contribution is 2.10. The first-order chi connectivity index (χ1) is 8.56. The van der Waals surface area contributed by atoms with Gasteiger partial charge in [0.15, 0.2) is 0 Å². The SMILES string of the molecule is CCCC(CN)NC(=O)Cc1ccc(F)cc1F. The van der Waals surface area contributed by atoms with E-state index in [2.05, 4.69) is 5.32 Å². The minimum Gasteiger partial charge on any atom is -0.352 e. The number of hydrogen-bond donors (Lipinski definition) is 2. The molecule has 5 heteroatoms. The number of nitrogens with one attached hydrogen (secondary N) is 1. The highest BCUT2D eigenvalue weighted by Gasteiger charge is 2.12. The third kappa shape index (κ3) is 4.41. The van der Waals surface area contributed by atoms with E-state index in [1.807, 2.05) is 6.92 Å². The average molecular weight is 256 g/mol. The first-order valence-electron chi connectivity index (χ1n) is 6.00. The van der Waals surface area contributed by atoms with Crippen LogP contribution in [-0.4, -0.2) is 18.5 Å². The van der Waals surface area contributed by atoms with Crippen LogP contribution in [0.25, 0.3) is 0 Å². The summed E-state index contributed by atoms with van der Waals surface area (Å²) in [4.78, 5) is 11.7. The van der Waals surface area contributed by atoms with Gasteiger partial charge in [0.2, 0.25) is 5.91 Å². The summed E-state index contributed by atoms with van der Waals surface area (Å²) in [5.74, 6) is -1.66. The Morgan fingerprint density at radius 2 is 2.17 bits per heavy atom. The van der Waals surface area contributed by atoms with E-state index in [9.17, 15) is 13.6 Å². The summed E-state index contributed by atoms with van der Waals surface area (Å²) in [5.41, 5.74) is 5.69. The molecule has 0 heterocycles. The van der Waals surface area contributed by atoms with Gasteiger partial charge in [-0.15, -0.1) is 0 Å². The van der Waals surface area contributed by atoms with Crippen LogP contribution in [-0.2, 0) is 11.2 Å². The molecule has 3 nitrogen and oxygen atoms in total. The summed E-state index contributed by atoms with van der Waals surface area (Å²) in [6, 6.07) is 3.10. The molecule has 0 spiro atoms. The number of amides is 1. The standard InChI is InChI=1S/C13H18F2N2O/c1-2-3-11(8-16)17-13(18)6-9-4-5-10(14)7-12(9)15/h4-5,7,11H,2-3,6,8,16H2,1H3,(H,17,18). The fraction of sp³-hybridized carbons (Fsp3) is 0.462. The second-order valence-corrected chi connectivity index (χ2v) is 4.20. The van der Waals surface area contributed by atoms with Crippen molar-refractivity contribution < 1.29 is 13.6 Å². The predicted molar refractivity (Wildman–Crippen MR) is 66.0 cm³/mol. The van der Waals surface area contributed by atoms with Crippen LogP contribution in [0.15, 0.2) is 18.2 Å². The Bertz CT molecular complexity index is 410. The molecular weight excluding hydrogens is 238 g/mol. The van der Waals surface area contributed by atoms with Crippen molar-refractivity contribution in [2.24, 2.45) is 5.73 Å². The molecule has 0 saturated heterocycles. The number of nitrogens with two attached hydrogens (primary N) is 1. The van der Waals surface area contributed by atoms with Gasteiger partial charge in [-0.25, -0.2) is 8.78 Å². The molecule has 1 unspecified atom stereocenters. The number of carbonyl (C=O) groups is 1. The van der Waals surface area contributed by atoms with Crippen molar-refractivity contribution in [3.8, 4) is 0 Å². The van der Waals surface area contributed by atoms with Gasteiger partial charge < -0.3 is 11.1 Å². The van der Waals surface area contributed by atoms with Crippen LogP contribution in [0.2, 0.25) is 0 Å². The van der Waals surface area contributed by atoms with Crippen LogP contribution < -0.4 is 11.1 Å². The molecule has 0 aliphatic heterocycles. The van der Waals surface area contributed by atoms with E-state index in [1.54, 1.807) is 0 Å². The number of carbonyl (C=O) groups excluding carboxylic acids is 1. The van der Waals surface area contributed by atoms with Crippen LogP contribution in [0, 0.1) is 11.6 Å². The van der Waals surface area contributed by atoms with E-state index < -0.39 is 11.6 Å². The van der Waals surface area contributed by atoms with Gasteiger partial charge in [-0.2, -0.15) is 0 Å². The van der Waals surface area contributed by atoms with Crippen LogP contribution in [0.5, 0.6) is 0 Å². The van der Waals surface area contributed by atoms with Gasteiger partial charge in [-0.1, -0.05) is 19.4 Å². The second kappa shape index (κ2) is 7.06. The highest BCUT2D eigenvalue weighted by molar-refractivity contribution is 5.78. The number of hydrogen-bond acceptors (Lipinski definition) is 2. The zero-order valence-electron chi connectivity index (χ0n) is 10.4. The van der Waals surface area contributed by atoms with E-state index >= 15 is 0 Å². The van der Waals surface area contributed by atoms with E-state index in [0.29, 0.717) is 6.54 Å². The predicted octanol–water partition coefficient (Wildman–Crippen LogP) is 1.75. The maximum Gasteiger partial charge on any atom is 0.224 e. The van der Waals surface area contributed by atoms with Crippen molar-refractivity contribution in [2.75, 3.05) is 6.54 Å². The van der Waals surface area contributed by atoms with Gasteiger partial charge in [0, 0.05) is 18.7 Å². The van der Waals surface area contributed by atoms with E-state index in [4.69, 9.17) is 5.73 Å². The van der Waals surface area contributed by atoms with Gasteiger partial charge in [0.1, 0.15) is 11.6 Å². The summed E-state index contributed by atoms with van der Waals surface area (Å²) in [6.45, 7) is 2.35. The van der Waals surface area contributed by atoms with Gasteiger partial charge in [-0.3, -0.25) is 4.79 Å². The first-order valence-corrected chi connectivity index (χ1v) is 6.00. The quantitative estimate of drug-likeness (QED) is 0.814. The van der Waals surface area contributed by atoms with Crippen molar-refractivity contribution in [2.45, 2.75) is 32.2 Å². The maximum absolute atomic E-state index is 13.3. The normalized spacial score (nSPS) is 12.2. The molecule has 1 rings (SSSR count). The molecule has 3 N–H and O–H groups in total. The van der Waals surface area contributed by atoms with Crippen molar-refractivity contribution in [3.63, 3.8) is 0 Å². The van der Waals surface area contributed by atoms with Gasteiger partial charge >= 0.3 is 0 Å². The maximum atomic E-state index is 13.3. The van der Waals surface area contributed by atoms with Crippen molar-refractivity contribution in [3.05, 3.63) is 35.4 Å². The summed E-state index contributed by atoms with van der Waals surface area (Å²) >= 11 is 0. The van der Waals surface area contributed by atoms with Crippen LogP contribution >= 0.6 is 0 Å². The summed E-state index contributed by atoms with van der Waals surface area (Å²) < 4.78 is 26.0. The van der Waals surface area contributed by atoms with E-state index in [0.717, 1.165) is 25.0 Å². The number of benzene rings is 1. The van der Waals surface area contributed by atoms with Crippen LogP contribution in [0.4, 0.5) is 8.78 Å². The Hall–Kier alpha value is -1.49. The zero-order valence-corrected chi connectivity index (χ0v) is 10.4. The largest absolute Gasteiger partial charge is 0.352 e. The minimum absolute atomic E-state index is 0.0917. The molecule has 18 heavy (non-hydrogen) atoms. The topological polar surface area (TPSA) is 55.1 Å². The monoisotopic (exact) mass is 256 g/mol. The third-order valence-corrected chi connectivity index (χ3v) is 2.65. The summed E-state index contributed by atoms with van der Waals surface area (Å²) in [7, 11) is 0. The summed E-state index contributed by atoms with van der Waals surface area (Å²) in [5, 5.41) is 2.73. The fourth-order valence-corrected chi connectivity index (χ4v) is 1.71. The summed E-state index contributed by atoms with van der Waals surface area (Å²) in [6.07, 6.45) is 1.59. The Labute approximate surface area is 105 Å². The van der Waals surface area contributed by atoms with Gasteiger partial charge in [0.05, 0.1) is 6.42 Å². The van der Waals surface area contributed by atoms with E-state index in [1.165, 1.54) is 6.07 Å². The van der Waals surface area contributed by atoms with Gasteiger partial charge in [0.25, 0.3) is 0 Å². The second-order valence-electron chi connectivity index (χ2n) is 4.20. The molecule has 0 radical (unpaired) electrons. The Kier molecular flexibility index (Phi) is 5.71. The molecule has 0 fully saturated rings. The molecule has 0 aromatic heterocycles. The molecule has 100 valence electrons. The molecule has 0 bridgehead atoms. The molecule has 0 saturated carbocycles. The van der Waals surface area contributed by atoms with E-state index in [-0.39, 0.29) is 23.9 Å². The number of halogens is 2. The minimum atomic E-state index is -0.704. The van der Waals surface area contributed by atoms with Crippen molar-refractivity contribution in [1.82, 2.24) is 5.32 Å². The highest BCUT2D eigenvalue weighted by atomic mass is 19.1. The average Bonchev–Trinajstić information content (AvgIpc) is 2.32. The van der Waals surface area contributed by atoms with Crippen molar-refractivity contribution in [1.29, 1.82) is 0 Å². The molecule has 1 aromatic carbocycles. The fourth-order valence-electron chi connectivity index (χ4n) is 1.71. The molecule has 1 aromatic rings. The molecule has 0 aliphatic rings. The Morgan fingerprint density at radius 3 is 2.72 bits per heavy atom. The van der Waals surface area contributed by atoms with Gasteiger partial charge in [-0.05, 0) is 18.1 Å². The molecule has 1 amide bonds. The van der Waals surface area contributed by atoms with Crippen LogP contribution in [0.3, 0.4) is 0 Å². The van der Waals surface area contributed by atoms with Crippen LogP contribution in [0.1, 0.15) is 25.3 Å². The Balaban J connectivity index is 2.58. The first kappa shape index (κ1) is 14.6. The Morgan fingerprint density at radius 1 is 1.44 bits per heavy atom. The lowest BCUT2D eigenvalue weighted by Gasteiger charge is -2.15. The third-order valence-electron chi connectivity index (χ3n) is 2.65. The lowest BCUT2D eigenvalue weighted by Crippen LogP contribution is -2.40. The molecule has 1 atom stereocenters. The smallest absolute Gasteiger partial charge is 0.224 e.